The lowest BCUT2D eigenvalue weighted by molar-refractivity contribution is -0.139. The second kappa shape index (κ2) is 7.19. The number of sulfonamides is 1. The molecular weight excluding hydrogens is 425 g/mol. The lowest BCUT2D eigenvalue weighted by Crippen LogP contribution is -2.35. The maximum Gasteiger partial charge on any atom is 0.417 e. The minimum absolute atomic E-state index is 0.00288. The lowest BCUT2D eigenvalue weighted by atomic mass is 10.00. The summed E-state index contributed by atoms with van der Waals surface area (Å²) in [5.41, 5.74) is 1.65. The molecule has 0 amide bonds. The van der Waals surface area contributed by atoms with E-state index in [0.717, 1.165) is 38.5 Å². The summed E-state index contributed by atoms with van der Waals surface area (Å²) < 4.78 is 67.0. The Kier molecular flexibility index (Phi) is 4.96. The number of hydrogen-bond donors (Lipinski definition) is 1. The summed E-state index contributed by atoms with van der Waals surface area (Å²) in [5.74, 6) is 0. The molecule has 4 nitrogen and oxygen atoms in total. The van der Waals surface area contributed by atoms with Crippen LogP contribution in [-0.4, -0.2) is 30.8 Å². The molecule has 1 aliphatic rings. The summed E-state index contributed by atoms with van der Waals surface area (Å²) in [7, 11) is -4.33. The predicted octanol–water partition coefficient (Wildman–Crippen LogP) is 5.32. The van der Waals surface area contributed by atoms with E-state index in [2.05, 4.69) is 4.98 Å². The molecule has 0 radical (unpaired) electrons. The molecule has 0 saturated carbocycles. The van der Waals surface area contributed by atoms with Crippen molar-refractivity contribution in [1.29, 1.82) is 0 Å². The van der Waals surface area contributed by atoms with E-state index in [1.54, 1.807) is 6.08 Å². The van der Waals surface area contributed by atoms with Crippen molar-refractivity contribution in [2.45, 2.75) is 17.5 Å². The first-order valence-electron chi connectivity index (χ1n) is 8.80. The van der Waals surface area contributed by atoms with Crippen LogP contribution in [0.15, 0.2) is 59.6 Å². The molecule has 0 fully saturated rings. The molecule has 0 atom stereocenters. The zero-order valence-corrected chi connectivity index (χ0v) is 16.6. The highest BCUT2D eigenvalue weighted by Gasteiger charge is 2.39. The number of nitrogens with zero attached hydrogens (tertiary/aromatic N) is 1. The van der Waals surface area contributed by atoms with E-state index >= 15 is 0 Å². The van der Waals surface area contributed by atoms with Crippen molar-refractivity contribution >= 4 is 38.1 Å². The quantitative estimate of drug-likeness (QED) is 0.599. The summed E-state index contributed by atoms with van der Waals surface area (Å²) in [6.07, 6.45) is -0.814. The zero-order chi connectivity index (χ0) is 20.8. The number of aromatic nitrogens is 1. The number of para-hydroxylation sites is 1. The van der Waals surface area contributed by atoms with Gasteiger partial charge in [0.25, 0.3) is 0 Å². The van der Waals surface area contributed by atoms with Gasteiger partial charge in [0, 0.05) is 40.8 Å². The summed E-state index contributed by atoms with van der Waals surface area (Å²) in [6.45, 7) is 0.0880. The first-order valence-corrected chi connectivity index (χ1v) is 10.6. The maximum absolute atomic E-state index is 13.4. The van der Waals surface area contributed by atoms with Crippen molar-refractivity contribution in [1.82, 2.24) is 9.29 Å². The van der Waals surface area contributed by atoms with Crippen LogP contribution in [0.25, 0.3) is 16.5 Å². The van der Waals surface area contributed by atoms with Crippen LogP contribution in [0.2, 0.25) is 5.02 Å². The maximum atomic E-state index is 13.4. The van der Waals surface area contributed by atoms with E-state index in [9.17, 15) is 21.6 Å². The SMILES string of the molecule is O=S(=O)(c1ccc(Cl)cc1C(F)(F)F)N1CC=C(c2c[nH]c3ccccc23)CC1. The van der Waals surface area contributed by atoms with Gasteiger partial charge < -0.3 is 4.98 Å². The fourth-order valence-electron chi connectivity index (χ4n) is 3.54. The standard InChI is InChI=1S/C20H16ClF3N2O2S/c21-14-5-6-19(17(11-14)20(22,23)24)29(27,28)26-9-7-13(8-10-26)16-12-25-18-4-2-1-3-15(16)18/h1-7,11-12,25H,8-10H2. The van der Waals surface area contributed by atoms with Crippen molar-refractivity contribution in [3.05, 3.63) is 70.9 Å². The van der Waals surface area contributed by atoms with Crippen LogP contribution in [0.3, 0.4) is 0 Å². The molecule has 1 aliphatic heterocycles. The van der Waals surface area contributed by atoms with Crippen LogP contribution in [0.4, 0.5) is 13.2 Å². The smallest absolute Gasteiger partial charge is 0.361 e. The third kappa shape index (κ3) is 3.68. The summed E-state index contributed by atoms with van der Waals surface area (Å²) in [4.78, 5) is 2.39. The van der Waals surface area contributed by atoms with E-state index in [1.165, 1.54) is 0 Å². The largest absolute Gasteiger partial charge is 0.417 e. The molecule has 0 spiro atoms. The van der Waals surface area contributed by atoms with Gasteiger partial charge in [-0.15, -0.1) is 0 Å². The number of nitrogens with one attached hydrogen (secondary N) is 1. The van der Waals surface area contributed by atoms with Gasteiger partial charge in [0.1, 0.15) is 0 Å². The third-order valence-electron chi connectivity index (χ3n) is 4.97. The summed E-state index contributed by atoms with van der Waals surface area (Å²) in [6, 6.07) is 10.5. The molecule has 3 aromatic rings. The number of halogens is 4. The molecule has 0 saturated heterocycles. The summed E-state index contributed by atoms with van der Waals surface area (Å²) >= 11 is 5.66. The lowest BCUT2D eigenvalue weighted by Gasteiger charge is -2.27. The van der Waals surface area contributed by atoms with Gasteiger partial charge >= 0.3 is 6.18 Å². The average Bonchev–Trinajstić information content (AvgIpc) is 3.11. The van der Waals surface area contributed by atoms with Crippen molar-refractivity contribution in [3.63, 3.8) is 0 Å². The molecule has 4 rings (SSSR count). The Bertz CT molecular complexity index is 1220. The number of rotatable bonds is 3. The van der Waals surface area contributed by atoms with Gasteiger partial charge in [0.05, 0.1) is 10.5 Å². The monoisotopic (exact) mass is 440 g/mol. The second-order valence-electron chi connectivity index (χ2n) is 6.73. The minimum Gasteiger partial charge on any atom is -0.361 e. The third-order valence-corrected chi connectivity index (χ3v) is 7.13. The number of aromatic amines is 1. The van der Waals surface area contributed by atoms with Crippen molar-refractivity contribution in [2.24, 2.45) is 0 Å². The molecule has 9 heteroatoms. The van der Waals surface area contributed by atoms with Crippen molar-refractivity contribution in [3.8, 4) is 0 Å². The molecule has 1 aromatic heterocycles. The summed E-state index contributed by atoms with van der Waals surface area (Å²) in [5, 5.41) is 0.851. The van der Waals surface area contributed by atoms with Gasteiger partial charge in [-0.1, -0.05) is 35.9 Å². The van der Waals surface area contributed by atoms with E-state index in [-0.39, 0.29) is 18.1 Å². The first kappa shape index (κ1) is 20.0. The molecule has 2 heterocycles. The van der Waals surface area contributed by atoms with E-state index in [0.29, 0.717) is 12.5 Å². The molecule has 1 N–H and O–H groups in total. The Labute approximate surface area is 170 Å². The molecule has 0 unspecified atom stereocenters. The first-order chi connectivity index (χ1) is 13.7. The van der Waals surface area contributed by atoms with Gasteiger partial charge in [0.2, 0.25) is 10.0 Å². The topological polar surface area (TPSA) is 53.2 Å². The van der Waals surface area contributed by atoms with Gasteiger partial charge in [-0.3, -0.25) is 0 Å². The molecular formula is C20H16ClF3N2O2S. The highest BCUT2D eigenvalue weighted by atomic mass is 35.5. The molecule has 152 valence electrons. The molecule has 2 aromatic carbocycles. The van der Waals surface area contributed by atoms with E-state index < -0.39 is 26.7 Å². The van der Waals surface area contributed by atoms with Gasteiger partial charge in [0.15, 0.2) is 0 Å². The Morgan fingerprint density at radius 1 is 1.10 bits per heavy atom. The van der Waals surface area contributed by atoms with Crippen LogP contribution in [-0.2, 0) is 16.2 Å². The molecule has 0 aliphatic carbocycles. The molecule has 29 heavy (non-hydrogen) atoms. The van der Waals surface area contributed by atoms with Crippen molar-refractivity contribution < 1.29 is 21.6 Å². The zero-order valence-electron chi connectivity index (χ0n) is 15.0. The van der Waals surface area contributed by atoms with Crippen LogP contribution < -0.4 is 0 Å². The number of benzene rings is 2. The van der Waals surface area contributed by atoms with Crippen molar-refractivity contribution in [2.75, 3.05) is 13.1 Å². The highest BCUT2D eigenvalue weighted by Crippen LogP contribution is 2.38. The minimum atomic E-state index is -4.83. The number of alkyl halides is 3. The van der Waals surface area contributed by atoms with Crippen LogP contribution in [0.1, 0.15) is 17.5 Å². The fourth-order valence-corrected chi connectivity index (χ4v) is 5.28. The fraction of sp³-hybridized carbons (Fsp3) is 0.200. The Morgan fingerprint density at radius 2 is 1.86 bits per heavy atom. The highest BCUT2D eigenvalue weighted by molar-refractivity contribution is 7.89. The molecule has 0 bridgehead atoms. The Hall–Kier alpha value is -2.29. The van der Waals surface area contributed by atoms with Crippen LogP contribution in [0.5, 0.6) is 0 Å². The Balaban J connectivity index is 1.66. The van der Waals surface area contributed by atoms with Gasteiger partial charge in [-0.25, -0.2) is 8.42 Å². The van der Waals surface area contributed by atoms with E-state index in [1.807, 2.05) is 30.5 Å². The van der Waals surface area contributed by atoms with Gasteiger partial charge in [-0.05, 0) is 36.3 Å². The number of fused-ring (bicyclic) bond motifs is 1. The normalized spacial score (nSPS) is 16.2. The second-order valence-corrected chi connectivity index (χ2v) is 9.07. The Morgan fingerprint density at radius 3 is 2.55 bits per heavy atom. The average molecular weight is 441 g/mol. The van der Waals surface area contributed by atoms with Crippen LogP contribution in [0, 0.1) is 0 Å². The van der Waals surface area contributed by atoms with Gasteiger partial charge in [-0.2, -0.15) is 17.5 Å². The van der Waals surface area contributed by atoms with E-state index in [4.69, 9.17) is 11.6 Å². The van der Waals surface area contributed by atoms with Crippen LogP contribution >= 0.6 is 11.6 Å². The number of H-pyrrole nitrogens is 1. The number of hydrogen-bond acceptors (Lipinski definition) is 2. The predicted molar refractivity (Wildman–Crippen MR) is 106 cm³/mol.